The maximum absolute atomic E-state index is 12.3. The molecule has 2 aliphatic heterocycles. The van der Waals surface area contributed by atoms with Crippen LogP contribution in [0.1, 0.15) is 32.3 Å². The van der Waals surface area contributed by atoms with Crippen molar-refractivity contribution in [2.75, 3.05) is 18.9 Å². The summed E-state index contributed by atoms with van der Waals surface area (Å²) in [5, 5.41) is 0. The zero-order chi connectivity index (χ0) is 19.9. The topological polar surface area (TPSA) is 121 Å². The zero-order valence-electron chi connectivity index (χ0n) is 16.0. The lowest BCUT2D eigenvalue weighted by Gasteiger charge is -2.07. The van der Waals surface area contributed by atoms with Crippen molar-refractivity contribution in [2.45, 2.75) is 33.2 Å². The molecule has 0 radical (unpaired) electrons. The van der Waals surface area contributed by atoms with Crippen molar-refractivity contribution < 1.29 is 9.47 Å². The number of ether oxygens (including phenoxy) is 2. The van der Waals surface area contributed by atoms with Gasteiger partial charge in [-0.3, -0.25) is 4.57 Å². The molecule has 9 nitrogen and oxygen atoms in total. The molecule has 5 heterocycles. The first-order valence-corrected chi connectivity index (χ1v) is 9.32. The van der Waals surface area contributed by atoms with Gasteiger partial charge in [0.05, 0.1) is 19.8 Å². The number of nitrogens with two attached hydrogens (primary N) is 1. The van der Waals surface area contributed by atoms with E-state index in [2.05, 4.69) is 19.9 Å². The van der Waals surface area contributed by atoms with Crippen molar-refractivity contribution in [1.29, 1.82) is 0 Å². The van der Waals surface area contributed by atoms with Crippen molar-refractivity contribution in [1.82, 2.24) is 24.5 Å². The van der Waals surface area contributed by atoms with E-state index in [9.17, 15) is 4.79 Å². The molecule has 0 saturated heterocycles. The molecule has 0 fully saturated rings. The van der Waals surface area contributed by atoms with Gasteiger partial charge in [-0.2, -0.15) is 9.97 Å². The van der Waals surface area contributed by atoms with E-state index in [1.807, 2.05) is 32.1 Å². The fraction of sp³-hybridized carbons (Fsp3) is 0.368. The molecule has 0 aliphatic carbocycles. The Morgan fingerprint density at radius 3 is 2.57 bits per heavy atom. The predicted molar refractivity (Wildman–Crippen MR) is 107 cm³/mol. The Kier molecular flexibility index (Phi) is 6.25. The molecule has 3 aromatic rings. The molecule has 0 saturated carbocycles. The van der Waals surface area contributed by atoms with Gasteiger partial charge in [0, 0.05) is 12.3 Å². The number of nitrogens with zero attached hydrogens (tertiary/aromatic N) is 4. The molecule has 28 heavy (non-hydrogen) atoms. The molecule has 5 rings (SSSR count). The Balaban J connectivity index is 0.00000109. The van der Waals surface area contributed by atoms with Crippen LogP contribution in [-0.2, 0) is 6.54 Å². The van der Waals surface area contributed by atoms with Gasteiger partial charge in [-0.05, 0) is 18.4 Å². The summed E-state index contributed by atoms with van der Waals surface area (Å²) in [5.74, 6) is 0.728. The molecule has 9 heteroatoms. The van der Waals surface area contributed by atoms with Crippen molar-refractivity contribution in [3.63, 3.8) is 0 Å². The molecule has 4 bridgehead atoms. The lowest BCUT2D eigenvalue weighted by atomic mass is 10.3. The van der Waals surface area contributed by atoms with Gasteiger partial charge >= 0.3 is 11.7 Å². The highest BCUT2D eigenvalue weighted by Gasteiger charge is 2.15. The van der Waals surface area contributed by atoms with Crippen LogP contribution in [0.2, 0.25) is 0 Å². The van der Waals surface area contributed by atoms with Gasteiger partial charge in [0.2, 0.25) is 5.88 Å². The summed E-state index contributed by atoms with van der Waals surface area (Å²) in [5.41, 5.74) is 7.27. The van der Waals surface area contributed by atoms with E-state index in [0.29, 0.717) is 43.2 Å². The first-order valence-electron chi connectivity index (χ1n) is 9.32. The van der Waals surface area contributed by atoms with E-state index in [1.165, 1.54) is 4.57 Å². The molecule has 0 unspecified atom stereocenters. The molecular formula is C19H24N6O3. The number of hydrogen-bond donors (Lipinski definition) is 2. The fourth-order valence-corrected chi connectivity index (χ4v) is 2.70. The van der Waals surface area contributed by atoms with Crippen LogP contribution >= 0.6 is 0 Å². The van der Waals surface area contributed by atoms with Gasteiger partial charge < -0.3 is 20.2 Å². The third-order valence-electron chi connectivity index (χ3n) is 3.99. The summed E-state index contributed by atoms with van der Waals surface area (Å²) < 4.78 is 12.7. The molecule has 148 valence electrons. The van der Waals surface area contributed by atoms with Gasteiger partial charge in [-0.25, -0.2) is 9.78 Å². The Labute approximate surface area is 162 Å². The van der Waals surface area contributed by atoms with Gasteiger partial charge in [-0.15, -0.1) is 0 Å². The summed E-state index contributed by atoms with van der Waals surface area (Å²) in [6.45, 7) is 5.25. The number of imidazole rings is 1. The van der Waals surface area contributed by atoms with E-state index >= 15 is 0 Å². The quantitative estimate of drug-likeness (QED) is 0.570. The van der Waals surface area contributed by atoms with E-state index in [1.54, 1.807) is 12.3 Å². The van der Waals surface area contributed by atoms with Gasteiger partial charge in [-0.1, -0.05) is 32.1 Å². The molecule has 0 aromatic carbocycles. The third kappa shape index (κ3) is 4.30. The number of rotatable bonds is 0. The van der Waals surface area contributed by atoms with Crippen LogP contribution in [-0.4, -0.2) is 37.7 Å². The maximum Gasteiger partial charge on any atom is 0.328 e. The van der Waals surface area contributed by atoms with Crippen LogP contribution in [0.4, 0.5) is 5.82 Å². The Morgan fingerprint density at radius 1 is 1.11 bits per heavy atom. The fourth-order valence-electron chi connectivity index (χ4n) is 2.70. The van der Waals surface area contributed by atoms with Crippen molar-refractivity contribution in [2.24, 2.45) is 0 Å². The Bertz CT molecular complexity index is 1010. The number of nitrogen functional groups attached to an aromatic ring is 1. The molecule has 0 spiro atoms. The van der Waals surface area contributed by atoms with Crippen LogP contribution in [0.15, 0.2) is 35.3 Å². The number of anilines is 1. The smallest absolute Gasteiger partial charge is 0.328 e. The second kappa shape index (κ2) is 9.03. The van der Waals surface area contributed by atoms with Crippen LogP contribution in [0, 0.1) is 0 Å². The van der Waals surface area contributed by atoms with Gasteiger partial charge in [0.15, 0.2) is 11.5 Å². The summed E-state index contributed by atoms with van der Waals surface area (Å²) in [4.78, 5) is 27.8. The summed E-state index contributed by atoms with van der Waals surface area (Å²) in [7, 11) is 0. The number of fused-ring (bicyclic) bond motifs is 8. The standard InChI is InChI=1S/C17H18N6O3.C2H6/c18-14-13-15-22-16(21-14)26-8-4-2-1-3-7-25-12-6-5-11(9-19-12)10-23(15)17(24)20-13;1-2/h1-2,5-6,9H,3-4,7-8,10H2,(H,20,24)(H2,18,21,22);1-2H3/b2-1+;. The van der Waals surface area contributed by atoms with E-state index in [4.69, 9.17) is 15.2 Å². The summed E-state index contributed by atoms with van der Waals surface area (Å²) in [6, 6.07) is 3.80. The first-order chi connectivity index (χ1) is 13.7. The monoisotopic (exact) mass is 384 g/mol. The van der Waals surface area contributed by atoms with Crippen LogP contribution < -0.4 is 20.9 Å². The number of pyridine rings is 1. The van der Waals surface area contributed by atoms with Crippen molar-refractivity contribution >= 4 is 17.0 Å². The average Bonchev–Trinajstić information content (AvgIpc) is 3.02. The Hall–Kier alpha value is -3.36. The lowest BCUT2D eigenvalue weighted by molar-refractivity contribution is 0.299. The minimum Gasteiger partial charge on any atom is -0.477 e. The van der Waals surface area contributed by atoms with Gasteiger partial charge in [0.1, 0.15) is 5.52 Å². The number of aromatic nitrogens is 5. The molecular weight excluding hydrogens is 360 g/mol. The van der Waals surface area contributed by atoms with Crippen molar-refractivity contribution in [3.05, 3.63) is 46.5 Å². The minimum absolute atomic E-state index is 0.150. The first kappa shape index (κ1) is 19.4. The second-order valence-electron chi connectivity index (χ2n) is 5.86. The third-order valence-corrected chi connectivity index (χ3v) is 3.99. The minimum atomic E-state index is -0.320. The highest BCUT2D eigenvalue weighted by molar-refractivity contribution is 5.81. The Morgan fingerprint density at radius 2 is 1.86 bits per heavy atom. The van der Waals surface area contributed by atoms with E-state index < -0.39 is 0 Å². The van der Waals surface area contributed by atoms with Crippen LogP contribution in [0.3, 0.4) is 0 Å². The average molecular weight is 384 g/mol. The van der Waals surface area contributed by atoms with Gasteiger partial charge in [0.25, 0.3) is 0 Å². The number of hydrogen-bond acceptors (Lipinski definition) is 7. The normalized spacial score (nSPS) is 15.2. The zero-order valence-corrected chi connectivity index (χ0v) is 16.0. The number of nitrogens with one attached hydrogen (secondary N) is 1. The molecule has 2 aliphatic rings. The maximum atomic E-state index is 12.3. The highest BCUT2D eigenvalue weighted by atomic mass is 16.5. The largest absolute Gasteiger partial charge is 0.477 e. The summed E-state index contributed by atoms with van der Waals surface area (Å²) >= 11 is 0. The molecule has 0 atom stereocenters. The van der Waals surface area contributed by atoms with Crippen LogP contribution in [0.5, 0.6) is 11.9 Å². The molecule has 0 amide bonds. The predicted octanol–water partition coefficient (Wildman–Crippen LogP) is 2.28. The lowest BCUT2D eigenvalue weighted by Crippen LogP contribution is -2.18. The SMILES string of the molecule is CC.Nc1nc2nc3c1[nH]c(=O)n3Cc1ccc(nc1)OCC/C=C/CCO2. The summed E-state index contributed by atoms with van der Waals surface area (Å²) in [6.07, 6.45) is 7.19. The molecule has 3 N–H and O–H groups in total. The number of aromatic amines is 1. The van der Waals surface area contributed by atoms with E-state index in [0.717, 1.165) is 12.0 Å². The van der Waals surface area contributed by atoms with E-state index in [-0.39, 0.29) is 17.5 Å². The second-order valence-corrected chi connectivity index (χ2v) is 5.86. The number of H-pyrrole nitrogens is 1. The highest BCUT2D eigenvalue weighted by Crippen LogP contribution is 2.19. The molecule has 3 aromatic heterocycles. The van der Waals surface area contributed by atoms with Crippen LogP contribution in [0.25, 0.3) is 11.2 Å². The van der Waals surface area contributed by atoms with Crippen molar-refractivity contribution in [3.8, 4) is 11.9 Å².